The molecule has 106 valence electrons. The molecule has 0 spiro atoms. The number of aliphatic hydroxyl groups excluding tert-OH is 1. The molecule has 1 rings (SSSR count). The van der Waals surface area contributed by atoms with Gasteiger partial charge in [-0.2, -0.15) is 0 Å². The van der Waals surface area contributed by atoms with Crippen LogP contribution in [0.15, 0.2) is 22.7 Å². The molecule has 4 nitrogen and oxygen atoms in total. The van der Waals surface area contributed by atoms with E-state index >= 15 is 0 Å². The molecule has 0 aliphatic rings. The number of aryl methyl sites for hydroxylation is 1. The smallest absolute Gasteiger partial charge is 0.220 e. The van der Waals surface area contributed by atoms with Crippen molar-refractivity contribution < 1.29 is 14.6 Å². The van der Waals surface area contributed by atoms with E-state index < -0.39 is 0 Å². The van der Waals surface area contributed by atoms with Crippen LogP contribution in [0.2, 0.25) is 0 Å². The maximum atomic E-state index is 11.7. The van der Waals surface area contributed by atoms with Crippen molar-refractivity contribution in [2.75, 3.05) is 13.7 Å². The van der Waals surface area contributed by atoms with Crippen LogP contribution in [0.3, 0.4) is 0 Å². The van der Waals surface area contributed by atoms with Crippen LogP contribution in [0, 0.1) is 0 Å². The van der Waals surface area contributed by atoms with Gasteiger partial charge in [0.25, 0.3) is 0 Å². The first-order valence-corrected chi connectivity index (χ1v) is 7.08. The van der Waals surface area contributed by atoms with E-state index in [4.69, 9.17) is 9.84 Å². The van der Waals surface area contributed by atoms with Crippen LogP contribution in [-0.2, 0) is 11.2 Å². The number of halogens is 1. The summed E-state index contributed by atoms with van der Waals surface area (Å²) in [4.78, 5) is 11.7. The molecule has 0 saturated heterocycles. The monoisotopic (exact) mass is 329 g/mol. The van der Waals surface area contributed by atoms with E-state index in [1.54, 1.807) is 7.11 Å². The average molecular weight is 330 g/mol. The van der Waals surface area contributed by atoms with Gasteiger partial charge in [0.15, 0.2) is 0 Å². The molecule has 1 aromatic carbocycles. The van der Waals surface area contributed by atoms with Crippen LogP contribution in [0.5, 0.6) is 5.75 Å². The third-order valence-corrected chi connectivity index (χ3v) is 3.33. The van der Waals surface area contributed by atoms with Gasteiger partial charge in [0.2, 0.25) is 5.91 Å². The Hall–Kier alpha value is -1.07. The van der Waals surface area contributed by atoms with E-state index in [1.165, 1.54) is 0 Å². The Labute approximate surface area is 122 Å². The number of nitrogens with one attached hydrogen (secondary N) is 1. The zero-order chi connectivity index (χ0) is 14.3. The predicted octanol–water partition coefficient (Wildman–Crippen LogP) is 2.28. The van der Waals surface area contributed by atoms with Crippen LogP contribution in [0.1, 0.15) is 25.3 Å². The van der Waals surface area contributed by atoms with Gasteiger partial charge in [-0.25, -0.2) is 0 Å². The third-order valence-electron chi connectivity index (χ3n) is 2.83. The summed E-state index contributed by atoms with van der Waals surface area (Å²) in [5.41, 5.74) is 1.00. The maximum absolute atomic E-state index is 11.7. The number of benzene rings is 1. The quantitative estimate of drug-likeness (QED) is 0.806. The maximum Gasteiger partial charge on any atom is 0.220 e. The van der Waals surface area contributed by atoms with Gasteiger partial charge in [-0.05, 0) is 43.5 Å². The number of rotatable bonds is 7. The molecule has 0 radical (unpaired) electrons. The minimum Gasteiger partial charge on any atom is -0.496 e. The van der Waals surface area contributed by atoms with E-state index in [0.717, 1.165) is 15.8 Å². The molecular weight excluding hydrogens is 310 g/mol. The molecule has 19 heavy (non-hydrogen) atoms. The largest absolute Gasteiger partial charge is 0.496 e. The molecule has 1 amide bonds. The summed E-state index contributed by atoms with van der Waals surface area (Å²) in [6.45, 7) is 1.97. The first kappa shape index (κ1) is 16.0. The van der Waals surface area contributed by atoms with Crippen molar-refractivity contribution >= 4 is 21.8 Å². The van der Waals surface area contributed by atoms with E-state index in [-0.39, 0.29) is 18.6 Å². The zero-order valence-corrected chi connectivity index (χ0v) is 12.9. The van der Waals surface area contributed by atoms with Gasteiger partial charge in [0, 0.05) is 23.5 Å². The Bertz CT molecular complexity index is 423. The number of carbonyl (C=O) groups is 1. The molecule has 0 bridgehead atoms. The average Bonchev–Trinajstić information content (AvgIpc) is 2.36. The summed E-state index contributed by atoms with van der Waals surface area (Å²) in [6.07, 6.45) is 1.61. The second-order valence-corrected chi connectivity index (χ2v) is 5.35. The zero-order valence-electron chi connectivity index (χ0n) is 11.3. The number of methoxy groups -OCH3 is 1. The van der Waals surface area contributed by atoms with Gasteiger partial charge in [0.1, 0.15) is 5.75 Å². The molecule has 1 aromatic rings. The van der Waals surface area contributed by atoms with Crippen LogP contribution < -0.4 is 10.1 Å². The fourth-order valence-corrected chi connectivity index (χ4v) is 2.21. The fraction of sp³-hybridized carbons (Fsp3) is 0.500. The highest BCUT2D eigenvalue weighted by atomic mass is 79.9. The molecule has 0 aromatic heterocycles. The van der Waals surface area contributed by atoms with Gasteiger partial charge < -0.3 is 15.2 Å². The Kier molecular flexibility index (Phi) is 6.87. The molecular formula is C14H20BrNO3. The second kappa shape index (κ2) is 8.17. The van der Waals surface area contributed by atoms with Crippen molar-refractivity contribution in [3.8, 4) is 5.75 Å². The molecule has 0 aliphatic carbocycles. The van der Waals surface area contributed by atoms with Gasteiger partial charge in [0.05, 0.1) is 7.11 Å². The van der Waals surface area contributed by atoms with E-state index in [1.807, 2.05) is 25.1 Å². The lowest BCUT2D eigenvalue weighted by Crippen LogP contribution is -2.33. The van der Waals surface area contributed by atoms with Crippen molar-refractivity contribution in [3.63, 3.8) is 0 Å². The number of hydrogen-bond acceptors (Lipinski definition) is 3. The molecule has 0 saturated carbocycles. The highest BCUT2D eigenvalue weighted by molar-refractivity contribution is 9.10. The first-order chi connectivity index (χ1) is 9.06. The predicted molar refractivity (Wildman–Crippen MR) is 78.3 cm³/mol. The number of ether oxygens (including phenoxy) is 1. The van der Waals surface area contributed by atoms with E-state index in [2.05, 4.69) is 21.2 Å². The summed E-state index contributed by atoms with van der Waals surface area (Å²) in [7, 11) is 1.62. The van der Waals surface area contributed by atoms with Crippen LogP contribution in [0.25, 0.3) is 0 Å². The highest BCUT2D eigenvalue weighted by Gasteiger charge is 2.09. The Morgan fingerprint density at radius 3 is 2.89 bits per heavy atom. The summed E-state index contributed by atoms with van der Waals surface area (Å²) in [6, 6.07) is 5.75. The molecule has 1 unspecified atom stereocenters. The Morgan fingerprint density at radius 1 is 1.53 bits per heavy atom. The summed E-state index contributed by atoms with van der Waals surface area (Å²) < 4.78 is 6.24. The number of amides is 1. The molecule has 0 heterocycles. The molecule has 0 fully saturated rings. The summed E-state index contributed by atoms with van der Waals surface area (Å²) in [5, 5.41) is 11.6. The molecule has 1 atom stereocenters. The normalized spacial score (nSPS) is 12.0. The molecule has 5 heteroatoms. The molecule has 2 N–H and O–H groups in total. The van der Waals surface area contributed by atoms with Crippen molar-refractivity contribution in [1.82, 2.24) is 5.32 Å². The first-order valence-electron chi connectivity index (χ1n) is 6.29. The second-order valence-electron chi connectivity index (χ2n) is 4.44. The minimum atomic E-state index is -0.0111. The van der Waals surface area contributed by atoms with E-state index in [9.17, 15) is 4.79 Å². The van der Waals surface area contributed by atoms with Crippen molar-refractivity contribution in [2.24, 2.45) is 0 Å². The number of hydrogen-bond donors (Lipinski definition) is 2. The lowest BCUT2D eigenvalue weighted by Gasteiger charge is -2.13. The van der Waals surface area contributed by atoms with Crippen LogP contribution in [-0.4, -0.2) is 30.8 Å². The minimum absolute atomic E-state index is 0.00176. The third kappa shape index (κ3) is 5.61. The van der Waals surface area contributed by atoms with Gasteiger partial charge >= 0.3 is 0 Å². The SMILES string of the molecule is COc1ccc(Br)cc1CCC(=O)NC(C)CCO. The standard InChI is InChI=1S/C14H20BrNO3/c1-10(7-8-17)16-14(18)6-3-11-9-12(15)4-5-13(11)19-2/h4-5,9-10,17H,3,6-8H2,1-2H3,(H,16,18). The van der Waals surface area contributed by atoms with Gasteiger partial charge in [-0.3, -0.25) is 4.79 Å². The van der Waals surface area contributed by atoms with Crippen molar-refractivity contribution in [3.05, 3.63) is 28.2 Å². The number of carbonyl (C=O) groups excluding carboxylic acids is 1. The van der Waals surface area contributed by atoms with Gasteiger partial charge in [-0.1, -0.05) is 15.9 Å². The summed E-state index contributed by atoms with van der Waals surface area (Å²) >= 11 is 3.41. The van der Waals surface area contributed by atoms with Crippen molar-refractivity contribution in [2.45, 2.75) is 32.2 Å². The topological polar surface area (TPSA) is 58.6 Å². The van der Waals surface area contributed by atoms with Crippen molar-refractivity contribution in [1.29, 1.82) is 0 Å². The lowest BCUT2D eigenvalue weighted by atomic mass is 10.1. The Morgan fingerprint density at radius 2 is 2.26 bits per heavy atom. The lowest BCUT2D eigenvalue weighted by molar-refractivity contribution is -0.121. The van der Waals surface area contributed by atoms with Crippen LogP contribution in [0.4, 0.5) is 0 Å². The molecule has 0 aliphatic heterocycles. The fourth-order valence-electron chi connectivity index (χ4n) is 1.80. The number of aliphatic hydroxyl groups is 1. The van der Waals surface area contributed by atoms with Gasteiger partial charge in [-0.15, -0.1) is 0 Å². The summed E-state index contributed by atoms with van der Waals surface area (Å²) in [5.74, 6) is 0.780. The Balaban J connectivity index is 2.52. The van der Waals surface area contributed by atoms with Crippen LogP contribution >= 0.6 is 15.9 Å². The highest BCUT2D eigenvalue weighted by Crippen LogP contribution is 2.24. The van der Waals surface area contributed by atoms with E-state index in [0.29, 0.717) is 19.3 Å².